The third kappa shape index (κ3) is 2.94. The van der Waals surface area contributed by atoms with Crippen molar-refractivity contribution in [1.82, 2.24) is 4.98 Å². The minimum atomic E-state index is -3.77. The highest BCUT2D eigenvalue weighted by Gasteiger charge is 2.15. The predicted octanol–water partition coefficient (Wildman–Crippen LogP) is 4.14. The molecule has 0 amide bonds. The summed E-state index contributed by atoms with van der Waals surface area (Å²) in [6, 6.07) is 18.2. The van der Waals surface area contributed by atoms with Gasteiger partial charge in [-0.2, -0.15) is 0 Å². The topological polar surface area (TPSA) is 79.0 Å². The number of halogens is 1. The maximum atomic E-state index is 12.6. The molecule has 0 atom stereocenters. The number of nitrogens with one attached hydrogen (secondary N) is 2. The number of pyridine rings is 1. The van der Waals surface area contributed by atoms with Crippen molar-refractivity contribution in [2.75, 3.05) is 4.72 Å². The summed E-state index contributed by atoms with van der Waals surface area (Å²) in [5.74, 6) is 0. The van der Waals surface area contributed by atoms with Gasteiger partial charge in [-0.25, -0.2) is 8.42 Å². The van der Waals surface area contributed by atoms with Gasteiger partial charge in [-0.3, -0.25) is 9.52 Å². The van der Waals surface area contributed by atoms with E-state index in [-0.39, 0.29) is 10.5 Å². The van der Waals surface area contributed by atoms with E-state index in [1.807, 2.05) is 12.1 Å². The lowest BCUT2D eigenvalue weighted by Crippen LogP contribution is -2.13. The van der Waals surface area contributed by atoms with Crippen LogP contribution in [-0.4, -0.2) is 13.4 Å². The van der Waals surface area contributed by atoms with Crippen LogP contribution < -0.4 is 10.3 Å². The molecule has 0 aliphatic carbocycles. The maximum Gasteiger partial charge on any atom is 0.261 e. The molecule has 0 fully saturated rings. The van der Waals surface area contributed by atoms with E-state index in [2.05, 4.69) is 9.71 Å². The average Bonchev–Trinajstić information content (AvgIpc) is 2.62. The van der Waals surface area contributed by atoms with Crippen LogP contribution in [0.5, 0.6) is 0 Å². The molecule has 1 aromatic heterocycles. The van der Waals surface area contributed by atoms with Crippen LogP contribution in [0.4, 0.5) is 5.69 Å². The van der Waals surface area contributed by atoms with Gasteiger partial charge in [0, 0.05) is 27.0 Å². The Hall–Kier alpha value is -2.83. The van der Waals surface area contributed by atoms with Crippen molar-refractivity contribution in [1.29, 1.82) is 0 Å². The van der Waals surface area contributed by atoms with Crippen LogP contribution in [0.3, 0.4) is 0 Å². The van der Waals surface area contributed by atoms with Gasteiger partial charge < -0.3 is 4.98 Å². The molecule has 4 aromatic rings. The van der Waals surface area contributed by atoms with E-state index in [1.54, 1.807) is 42.5 Å². The summed E-state index contributed by atoms with van der Waals surface area (Å²) in [4.78, 5) is 15.0. The van der Waals surface area contributed by atoms with E-state index in [1.165, 1.54) is 12.1 Å². The Balaban J connectivity index is 1.84. The van der Waals surface area contributed by atoms with Gasteiger partial charge in [-0.15, -0.1) is 0 Å². The molecular weight excluding hydrogens is 372 g/mol. The van der Waals surface area contributed by atoms with Crippen LogP contribution >= 0.6 is 11.6 Å². The van der Waals surface area contributed by atoms with Gasteiger partial charge in [0.05, 0.1) is 4.90 Å². The van der Waals surface area contributed by atoms with Gasteiger partial charge in [0.1, 0.15) is 0 Å². The van der Waals surface area contributed by atoms with Gasteiger partial charge in [0.2, 0.25) is 0 Å². The van der Waals surface area contributed by atoms with Crippen LogP contribution in [0.15, 0.2) is 76.4 Å². The minimum absolute atomic E-state index is 0.0800. The van der Waals surface area contributed by atoms with Crippen molar-refractivity contribution >= 4 is 49.0 Å². The molecule has 4 rings (SSSR count). The average molecular weight is 385 g/mol. The number of H-pyrrole nitrogens is 1. The van der Waals surface area contributed by atoms with Crippen LogP contribution in [0.2, 0.25) is 5.02 Å². The molecule has 1 heterocycles. The fourth-order valence-electron chi connectivity index (χ4n) is 2.89. The lowest BCUT2D eigenvalue weighted by molar-refractivity contribution is 0.601. The van der Waals surface area contributed by atoms with E-state index < -0.39 is 10.0 Å². The van der Waals surface area contributed by atoms with Gasteiger partial charge in [-0.1, -0.05) is 35.9 Å². The van der Waals surface area contributed by atoms with Crippen LogP contribution in [-0.2, 0) is 10.0 Å². The lowest BCUT2D eigenvalue weighted by Gasteiger charge is -2.10. The molecule has 0 saturated heterocycles. The molecule has 0 unspecified atom stereocenters. The van der Waals surface area contributed by atoms with E-state index in [0.29, 0.717) is 21.6 Å². The summed E-state index contributed by atoms with van der Waals surface area (Å²) < 4.78 is 27.7. The Kier molecular flexibility index (Phi) is 3.94. The predicted molar refractivity (Wildman–Crippen MR) is 104 cm³/mol. The highest BCUT2D eigenvalue weighted by molar-refractivity contribution is 7.92. The number of aromatic nitrogens is 1. The smallest absolute Gasteiger partial charge is 0.261 e. The van der Waals surface area contributed by atoms with Crippen molar-refractivity contribution in [3.8, 4) is 0 Å². The number of aromatic amines is 1. The molecule has 26 heavy (non-hydrogen) atoms. The van der Waals surface area contributed by atoms with Gasteiger partial charge in [-0.05, 0) is 47.9 Å². The Morgan fingerprint density at radius 2 is 1.62 bits per heavy atom. The number of hydrogen-bond donors (Lipinski definition) is 2. The Bertz CT molecular complexity index is 1310. The lowest BCUT2D eigenvalue weighted by atomic mass is 10.1. The first-order valence-corrected chi connectivity index (χ1v) is 9.63. The summed E-state index contributed by atoms with van der Waals surface area (Å²) >= 11 is 5.89. The van der Waals surface area contributed by atoms with Crippen molar-refractivity contribution in [2.45, 2.75) is 4.90 Å². The number of anilines is 1. The zero-order chi connectivity index (χ0) is 18.3. The van der Waals surface area contributed by atoms with Crippen LogP contribution in [0.25, 0.3) is 21.7 Å². The first-order chi connectivity index (χ1) is 12.4. The van der Waals surface area contributed by atoms with Gasteiger partial charge >= 0.3 is 0 Å². The molecule has 0 aliphatic rings. The largest absolute Gasteiger partial charge is 0.321 e. The van der Waals surface area contributed by atoms with Crippen molar-refractivity contribution < 1.29 is 8.42 Å². The maximum absolute atomic E-state index is 12.6. The van der Waals surface area contributed by atoms with E-state index >= 15 is 0 Å². The molecular formula is C19H13ClN2O3S. The van der Waals surface area contributed by atoms with E-state index in [0.717, 1.165) is 10.8 Å². The first-order valence-electron chi connectivity index (χ1n) is 7.77. The third-order valence-electron chi connectivity index (χ3n) is 4.09. The van der Waals surface area contributed by atoms with Crippen molar-refractivity contribution in [3.63, 3.8) is 0 Å². The molecule has 130 valence electrons. The van der Waals surface area contributed by atoms with Gasteiger partial charge in [0.25, 0.3) is 15.6 Å². The molecule has 5 nitrogen and oxygen atoms in total. The Morgan fingerprint density at radius 3 is 2.38 bits per heavy atom. The zero-order valence-corrected chi connectivity index (χ0v) is 14.9. The molecule has 0 saturated carbocycles. The molecule has 2 N–H and O–H groups in total. The summed E-state index contributed by atoms with van der Waals surface area (Å²) in [5, 5.41) is 2.41. The van der Waals surface area contributed by atoms with Crippen LogP contribution in [0, 0.1) is 0 Å². The summed E-state index contributed by atoms with van der Waals surface area (Å²) in [6.07, 6.45) is 0. The second-order valence-electron chi connectivity index (χ2n) is 5.82. The molecule has 0 bridgehead atoms. The minimum Gasteiger partial charge on any atom is -0.321 e. The van der Waals surface area contributed by atoms with E-state index in [4.69, 9.17) is 11.6 Å². The fourth-order valence-corrected chi connectivity index (χ4v) is 4.24. The van der Waals surface area contributed by atoms with Crippen molar-refractivity contribution in [2.24, 2.45) is 0 Å². The molecule has 7 heteroatoms. The highest BCUT2D eigenvalue weighted by Crippen LogP contribution is 2.26. The number of benzene rings is 3. The number of rotatable bonds is 3. The molecule has 0 aliphatic heterocycles. The first kappa shape index (κ1) is 16.6. The molecule has 0 spiro atoms. The Morgan fingerprint density at radius 1 is 0.846 bits per heavy atom. The third-order valence-corrected chi connectivity index (χ3v) is 5.70. The molecule has 0 radical (unpaired) electrons. The quantitative estimate of drug-likeness (QED) is 0.521. The second kappa shape index (κ2) is 6.16. The van der Waals surface area contributed by atoms with Gasteiger partial charge in [0.15, 0.2) is 0 Å². The fraction of sp³-hybridized carbons (Fsp3) is 0. The second-order valence-corrected chi connectivity index (χ2v) is 7.94. The molecule has 3 aromatic carbocycles. The SMILES string of the molecule is O=c1[nH]c2ccc(NS(=O)(=O)c3cccc(Cl)c3)cc2c2ccccc12. The number of hydrogen-bond acceptors (Lipinski definition) is 3. The van der Waals surface area contributed by atoms with E-state index in [9.17, 15) is 13.2 Å². The van der Waals surface area contributed by atoms with Crippen LogP contribution in [0.1, 0.15) is 0 Å². The number of sulfonamides is 1. The highest BCUT2D eigenvalue weighted by atomic mass is 35.5. The summed E-state index contributed by atoms with van der Waals surface area (Å²) in [6.45, 7) is 0. The monoisotopic (exact) mass is 384 g/mol. The number of fused-ring (bicyclic) bond motifs is 3. The summed E-state index contributed by atoms with van der Waals surface area (Å²) in [5.41, 5.74) is 0.856. The Labute approximate surface area is 154 Å². The normalized spacial score (nSPS) is 11.7. The summed E-state index contributed by atoms with van der Waals surface area (Å²) in [7, 11) is -3.77. The standard InChI is InChI=1S/C19H13ClN2O3S/c20-12-4-3-5-14(10-12)26(24,25)22-13-8-9-18-17(11-13)15-6-1-2-7-16(15)19(23)21-18/h1-11,22H,(H,21,23). The van der Waals surface area contributed by atoms with Crippen molar-refractivity contribution in [3.05, 3.63) is 82.1 Å². The zero-order valence-electron chi connectivity index (χ0n) is 13.4.